The van der Waals surface area contributed by atoms with Crippen LogP contribution >= 0.6 is 27.3 Å². The second-order valence-corrected chi connectivity index (χ2v) is 8.20. The molecule has 0 saturated carbocycles. The van der Waals surface area contributed by atoms with Crippen LogP contribution in [0, 0.1) is 12.7 Å². The second kappa shape index (κ2) is 8.22. The van der Waals surface area contributed by atoms with Crippen molar-refractivity contribution in [2.45, 2.75) is 13.5 Å². The van der Waals surface area contributed by atoms with Crippen molar-refractivity contribution in [3.63, 3.8) is 0 Å². The van der Waals surface area contributed by atoms with Crippen LogP contribution < -0.4 is 5.32 Å². The number of nitrogens with one attached hydrogen (secondary N) is 1. The summed E-state index contributed by atoms with van der Waals surface area (Å²) in [6.07, 6.45) is 1.57. The Balaban J connectivity index is 1.46. The summed E-state index contributed by atoms with van der Waals surface area (Å²) in [5, 5.41) is 7.67. The molecule has 1 amide bonds. The molecule has 0 saturated heterocycles. The molecular formula is C20H15BrFN5OS. The van der Waals surface area contributed by atoms with Gasteiger partial charge in [0.1, 0.15) is 22.0 Å². The minimum absolute atomic E-state index is 0.225. The van der Waals surface area contributed by atoms with Crippen LogP contribution in [0.5, 0.6) is 0 Å². The van der Waals surface area contributed by atoms with Gasteiger partial charge in [-0.3, -0.25) is 10.1 Å². The third-order valence-corrected chi connectivity index (χ3v) is 5.85. The maximum absolute atomic E-state index is 13.1. The average molecular weight is 472 g/mol. The Hall–Kier alpha value is -2.91. The summed E-state index contributed by atoms with van der Waals surface area (Å²) in [6.45, 7) is 2.31. The van der Waals surface area contributed by atoms with Crippen LogP contribution in [0.4, 0.5) is 10.3 Å². The van der Waals surface area contributed by atoms with Crippen molar-refractivity contribution in [2.75, 3.05) is 5.32 Å². The number of hydrogen-bond donors (Lipinski definition) is 1. The molecule has 2 aromatic heterocycles. The number of halogens is 2. The fraction of sp³-hybridized carbons (Fsp3) is 0.100. The van der Waals surface area contributed by atoms with Crippen LogP contribution in [0.15, 0.2) is 59.3 Å². The Morgan fingerprint density at radius 1 is 1.17 bits per heavy atom. The first kappa shape index (κ1) is 19.4. The number of rotatable bonds is 5. The summed E-state index contributed by atoms with van der Waals surface area (Å²) >= 11 is 4.65. The van der Waals surface area contributed by atoms with Crippen molar-refractivity contribution < 1.29 is 9.18 Å². The van der Waals surface area contributed by atoms with Gasteiger partial charge in [0.15, 0.2) is 0 Å². The van der Waals surface area contributed by atoms with Crippen molar-refractivity contribution in [1.82, 2.24) is 19.7 Å². The molecule has 0 unspecified atom stereocenters. The van der Waals surface area contributed by atoms with Crippen molar-refractivity contribution in [3.05, 3.63) is 81.3 Å². The Morgan fingerprint density at radius 3 is 2.62 bits per heavy atom. The third-order valence-electron chi connectivity index (χ3n) is 4.11. The Morgan fingerprint density at radius 2 is 1.90 bits per heavy atom. The summed E-state index contributed by atoms with van der Waals surface area (Å²) in [7, 11) is 0. The molecule has 6 nitrogen and oxygen atoms in total. The molecule has 0 fully saturated rings. The van der Waals surface area contributed by atoms with E-state index in [0.29, 0.717) is 22.1 Å². The minimum Gasteiger partial charge on any atom is -0.288 e. The van der Waals surface area contributed by atoms with Crippen LogP contribution in [-0.2, 0) is 6.54 Å². The summed E-state index contributed by atoms with van der Waals surface area (Å²) in [6, 6.07) is 13.9. The molecule has 9 heteroatoms. The fourth-order valence-corrected chi connectivity index (χ4v) is 3.92. The van der Waals surface area contributed by atoms with Crippen LogP contribution in [0.1, 0.15) is 20.9 Å². The van der Waals surface area contributed by atoms with Gasteiger partial charge in [-0.25, -0.2) is 19.0 Å². The van der Waals surface area contributed by atoms with Crippen LogP contribution in [-0.4, -0.2) is 25.7 Å². The maximum atomic E-state index is 13.1. The Labute approximate surface area is 178 Å². The van der Waals surface area contributed by atoms with Gasteiger partial charge in [-0.2, -0.15) is 0 Å². The van der Waals surface area contributed by atoms with Gasteiger partial charge in [-0.05, 0) is 48.9 Å². The van der Waals surface area contributed by atoms with Gasteiger partial charge in [0, 0.05) is 10.0 Å². The SMILES string of the molecule is Cc1nc(-c2ccc(F)cc2)sc1C(=O)Nc1ncn(Cc2ccc(Br)cc2)n1. The zero-order valence-corrected chi connectivity index (χ0v) is 17.7. The van der Waals surface area contributed by atoms with Crippen molar-refractivity contribution in [3.8, 4) is 10.6 Å². The summed E-state index contributed by atoms with van der Waals surface area (Å²) < 4.78 is 15.8. The molecular weight excluding hydrogens is 457 g/mol. The lowest BCUT2D eigenvalue weighted by Gasteiger charge is -2.01. The molecule has 2 heterocycles. The van der Waals surface area contributed by atoms with E-state index in [1.54, 1.807) is 30.1 Å². The molecule has 0 bridgehead atoms. The van der Waals surface area contributed by atoms with E-state index in [1.165, 1.54) is 23.5 Å². The van der Waals surface area contributed by atoms with Crippen molar-refractivity contribution in [2.24, 2.45) is 0 Å². The lowest BCUT2D eigenvalue weighted by atomic mass is 10.2. The number of carbonyl (C=O) groups excluding carboxylic acids is 1. The van der Waals surface area contributed by atoms with Gasteiger partial charge in [0.2, 0.25) is 5.95 Å². The molecule has 1 N–H and O–H groups in total. The second-order valence-electron chi connectivity index (χ2n) is 6.29. The highest BCUT2D eigenvalue weighted by Gasteiger charge is 2.18. The number of anilines is 1. The van der Waals surface area contributed by atoms with E-state index in [0.717, 1.165) is 15.6 Å². The summed E-state index contributed by atoms with van der Waals surface area (Å²) in [5.41, 5.74) is 2.43. The van der Waals surface area contributed by atoms with Crippen molar-refractivity contribution in [1.29, 1.82) is 0 Å². The van der Waals surface area contributed by atoms with E-state index in [9.17, 15) is 9.18 Å². The molecule has 4 aromatic rings. The third kappa shape index (κ3) is 4.57. The largest absolute Gasteiger partial charge is 0.288 e. The molecule has 29 heavy (non-hydrogen) atoms. The number of hydrogen-bond acceptors (Lipinski definition) is 5. The topological polar surface area (TPSA) is 72.7 Å². The number of aryl methyl sites for hydroxylation is 1. The minimum atomic E-state index is -0.324. The first-order chi connectivity index (χ1) is 14.0. The lowest BCUT2D eigenvalue weighted by molar-refractivity contribution is 0.102. The van der Waals surface area contributed by atoms with Gasteiger partial charge in [0.25, 0.3) is 5.91 Å². The van der Waals surface area contributed by atoms with Crippen LogP contribution in [0.3, 0.4) is 0 Å². The molecule has 2 aromatic carbocycles. The molecule has 146 valence electrons. The van der Waals surface area contributed by atoms with Crippen molar-refractivity contribution >= 4 is 39.1 Å². The molecule has 0 radical (unpaired) electrons. The van der Waals surface area contributed by atoms with Crippen LogP contribution in [0.25, 0.3) is 10.6 Å². The molecule has 0 aliphatic rings. The first-order valence-corrected chi connectivity index (χ1v) is 10.3. The number of benzene rings is 2. The molecule has 0 aliphatic heterocycles. The molecule has 0 aliphatic carbocycles. The standard InChI is InChI=1S/C20H15BrFN5OS/c1-12-17(29-19(24-12)14-4-8-16(22)9-5-14)18(28)25-20-23-11-27(26-20)10-13-2-6-15(21)7-3-13/h2-9,11H,10H2,1H3,(H,25,26,28). The predicted octanol–water partition coefficient (Wildman–Crippen LogP) is 4.91. The van der Waals surface area contributed by atoms with E-state index in [4.69, 9.17) is 0 Å². The van der Waals surface area contributed by atoms with Gasteiger partial charge >= 0.3 is 0 Å². The zero-order valence-electron chi connectivity index (χ0n) is 15.3. The molecule has 0 atom stereocenters. The van der Waals surface area contributed by atoms with Gasteiger partial charge < -0.3 is 0 Å². The van der Waals surface area contributed by atoms with E-state index in [2.05, 4.69) is 36.3 Å². The fourth-order valence-electron chi connectivity index (χ4n) is 2.69. The monoisotopic (exact) mass is 471 g/mol. The Kier molecular flexibility index (Phi) is 5.50. The Bertz CT molecular complexity index is 1150. The predicted molar refractivity (Wildman–Crippen MR) is 113 cm³/mol. The van der Waals surface area contributed by atoms with Gasteiger partial charge in [-0.1, -0.05) is 28.1 Å². The quantitative estimate of drug-likeness (QED) is 0.448. The number of amides is 1. The summed E-state index contributed by atoms with van der Waals surface area (Å²) in [4.78, 5) is 21.7. The van der Waals surface area contributed by atoms with E-state index >= 15 is 0 Å². The average Bonchev–Trinajstić information content (AvgIpc) is 3.30. The smallest absolute Gasteiger partial charge is 0.270 e. The number of aromatic nitrogens is 4. The summed E-state index contributed by atoms with van der Waals surface area (Å²) in [5.74, 6) is -0.414. The zero-order chi connectivity index (χ0) is 20.4. The number of thiazole rings is 1. The van der Waals surface area contributed by atoms with E-state index in [1.807, 2.05) is 24.3 Å². The first-order valence-electron chi connectivity index (χ1n) is 8.66. The molecule has 0 spiro atoms. The van der Waals surface area contributed by atoms with Gasteiger partial charge in [0.05, 0.1) is 12.2 Å². The van der Waals surface area contributed by atoms with E-state index in [-0.39, 0.29) is 17.7 Å². The van der Waals surface area contributed by atoms with E-state index < -0.39 is 0 Å². The normalized spacial score (nSPS) is 10.9. The lowest BCUT2D eigenvalue weighted by Crippen LogP contribution is -2.13. The highest BCUT2D eigenvalue weighted by Crippen LogP contribution is 2.28. The van der Waals surface area contributed by atoms with Gasteiger partial charge in [-0.15, -0.1) is 16.4 Å². The highest BCUT2D eigenvalue weighted by atomic mass is 79.9. The number of nitrogens with zero attached hydrogens (tertiary/aromatic N) is 4. The van der Waals surface area contributed by atoms with Crippen LogP contribution in [0.2, 0.25) is 0 Å². The highest BCUT2D eigenvalue weighted by molar-refractivity contribution is 9.10. The number of carbonyl (C=O) groups is 1. The maximum Gasteiger partial charge on any atom is 0.270 e. The molecule has 4 rings (SSSR count).